The van der Waals surface area contributed by atoms with Crippen LogP contribution in [0.3, 0.4) is 0 Å². The number of nitrogens with one attached hydrogen (secondary N) is 1. The summed E-state index contributed by atoms with van der Waals surface area (Å²) in [6, 6.07) is 10.3. The van der Waals surface area contributed by atoms with Gasteiger partial charge in [-0.3, -0.25) is 4.68 Å². The molecule has 2 aliphatic heterocycles. The van der Waals surface area contributed by atoms with Gasteiger partial charge in [0.05, 0.1) is 29.1 Å². The van der Waals surface area contributed by atoms with Crippen LogP contribution in [0.25, 0.3) is 22.0 Å². The van der Waals surface area contributed by atoms with Crippen LogP contribution in [-0.2, 0) is 13.0 Å². The number of aryl methyl sites for hydroxylation is 1. The number of imidazole rings is 1. The molecule has 0 spiro atoms. The van der Waals surface area contributed by atoms with E-state index in [9.17, 15) is 4.39 Å². The number of hydrogen-bond donors (Lipinski definition) is 1. The molecule has 7 rings (SSSR count). The van der Waals surface area contributed by atoms with Crippen LogP contribution >= 0.6 is 22.9 Å². The fourth-order valence-electron chi connectivity index (χ4n) is 6.18. The maximum Gasteiger partial charge on any atom is 0.186 e. The highest BCUT2D eigenvalue weighted by molar-refractivity contribution is 7.13. The van der Waals surface area contributed by atoms with Crippen molar-refractivity contribution in [3.05, 3.63) is 88.7 Å². The summed E-state index contributed by atoms with van der Waals surface area (Å²) >= 11 is 8.39. The van der Waals surface area contributed by atoms with Gasteiger partial charge < -0.3 is 14.8 Å². The first-order valence-corrected chi connectivity index (χ1v) is 15.3. The minimum Gasteiger partial charge on any atom is -0.372 e. The number of thiazole rings is 1. The summed E-state index contributed by atoms with van der Waals surface area (Å²) in [5.74, 6) is 0. The summed E-state index contributed by atoms with van der Waals surface area (Å²) in [5, 5.41) is 12.5. The molecule has 7 nitrogen and oxygen atoms in total. The largest absolute Gasteiger partial charge is 0.372 e. The van der Waals surface area contributed by atoms with Crippen LogP contribution < -0.4 is 10.2 Å². The smallest absolute Gasteiger partial charge is 0.186 e. The number of hydrogen-bond acceptors (Lipinski definition) is 6. The number of anilines is 2. The zero-order valence-electron chi connectivity index (χ0n) is 22.9. The van der Waals surface area contributed by atoms with Gasteiger partial charge in [-0.25, -0.2) is 14.4 Å². The monoisotopic (exact) mass is 587 g/mol. The maximum atomic E-state index is 14.4. The number of nitrogens with zero attached hydrogens (tertiary/aromatic N) is 6. The van der Waals surface area contributed by atoms with Crippen molar-refractivity contribution in [1.82, 2.24) is 24.3 Å². The zero-order chi connectivity index (χ0) is 28.1. The Bertz CT molecular complexity index is 1720. The van der Waals surface area contributed by atoms with Gasteiger partial charge in [-0.05, 0) is 61.1 Å². The van der Waals surface area contributed by atoms with Gasteiger partial charge in [0, 0.05) is 59.7 Å². The molecule has 2 atom stereocenters. The Morgan fingerprint density at radius 3 is 2.73 bits per heavy atom. The quantitative estimate of drug-likeness (QED) is 0.215. The molecule has 2 aliphatic rings. The lowest BCUT2D eigenvalue weighted by Gasteiger charge is -2.29. The zero-order valence-corrected chi connectivity index (χ0v) is 24.4. The summed E-state index contributed by atoms with van der Waals surface area (Å²) in [4.78, 5) is 11.5. The molecule has 5 aromatic rings. The second-order valence-corrected chi connectivity index (χ2v) is 12.2. The number of rotatable bonds is 7. The van der Waals surface area contributed by atoms with Crippen molar-refractivity contribution >= 4 is 44.7 Å². The Kier molecular flexibility index (Phi) is 6.79. The number of allylic oxidation sites excluding steroid dienone is 1. The molecule has 10 heteroatoms. The summed E-state index contributed by atoms with van der Waals surface area (Å²) in [6.07, 6.45) is 8.59. The Morgan fingerprint density at radius 2 is 1.98 bits per heavy atom. The van der Waals surface area contributed by atoms with Gasteiger partial charge in [-0.2, -0.15) is 5.10 Å². The van der Waals surface area contributed by atoms with E-state index in [1.165, 1.54) is 36.3 Å². The highest BCUT2D eigenvalue weighted by Crippen LogP contribution is 2.38. The van der Waals surface area contributed by atoms with E-state index in [0.717, 1.165) is 57.2 Å². The van der Waals surface area contributed by atoms with Crippen LogP contribution in [0, 0.1) is 6.92 Å². The average molecular weight is 588 g/mol. The van der Waals surface area contributed by atoms with Crippen molar-refractivity contribution < 1.29 is 4.39 Å². The predicted molar refractivity (Wildman–Crippen MR) is 165 cm³/mol. The van der Waals surface area contributed by atoms with Crippen molar-refractivity contribution in [3.63, 3.8) is 0 Å². The highest BCUT2D eigenvalue weighted by Gasteiger charge is 2.32. The van der Waals surface area contributed by atoms with E-state index in [0.29, 0.717) is 23.7 Å². The van der Waals surface area contributed by atoms with Crippen LogP contribution in [0.4, 0.5) is 15.2 Å². The standard InChI is InChI=1S/C31H31ClFN7S/c1-19-24(21-6-8-23(9-7-21)38-11-4-3-5-12-38)15-26(32)25-17-40(37-28(19)25)30(20(2)36-31-34-10-13-41-31)29-27-14-22(33)16-39(27)18-35-29/h6-10,13,15,17-18,22,30H,2-5,11-12,14,16H2,1H3,(H,34,36)/t22-,30?/m1/s1. The minimum absolute atomic E-state index is 0.313. The fourth-order valence-corrected chi connectivity index (χ4v) is 6.99. The third kappa shape index (κ3) is 4.81. The van der Waals surface area contributed by atoms with Gasteiger partial charge in [-0.15, -0.1) is 11.3 Å². The van der Waals surface area contributed by atoms with Crippen molar-refractivity contribution in [2.24, 2.45) is 0 Å². The first-order chi connectivity index (χ1) is 20.0. The molecule has 210 valence electrons. The Morgan fingerprint density at radius 1 is 1.17 bits per heavy atom. The van der Waals surface area contributed by atoms with E-state index in [1.807, 2.05) is 26.9 Å². The number of piperidine rings is 1. The molecule has 2 aromatic carbocycles. The van der Waals surface area contributed by atoms with E-state index >= 15 is 0 Å². The second kappa shape index (κ2) is 10.6. The predicted octanol–water partition coefficient (Wildman–Crippen LogP) is 7.42. The minimum atomic E-state index is -0.926. The third-order valence-corrected chi connectivity index (χ3v) is 9.26. The average Bonchev–Trinajstić information content (AvgIpc) is 3.78. The van der Waals surface area contributed by atoms with Gasteiger partial charge in [0.25, 0.3) is 0 Å². The summed E-state index contributed by atoms with van der Waals surface area (Å²) < 4.78 is 18.1. The number of halogens is 2. The van der Waals surface area contributed by atoms with Crippen LogP contribution in [0.2, 0.25) is 5.02 Å². The SMILES string of the molecule is C=C(Nc1nccs1)C(c1ncn2c1C[C@@H](F)C2)n1cc2c(Cl)cc(-c3ccc(N4CCCCC4)cc3)c(C)c2n1. The lowest BCUT2D eigenvalue weighted by Crippen LogP contribution is -2.29. The summed E-state index contributed by atoms with van der Waals surface area (Å²) in [7, 11) is 0. The summed E-state index contributed by atoms with van der Waals surface area (Å²) in [6.45, 7) is 8.98. The molecule has 41 heavy (non-hydrogen) atoms. The maximum absolute atomic E-state index is 14.4. The highest BCUT2D eigenvalue weighted by atomic mass is 35.5. The number of benzene rings is 2. The van der Waals surface area contributed by atoms with Gasteiger partial charge in [0.15, 0.2) is 5.13 Å². The van der Waals surface area contributed by atoms with Crippen molar-refractivity contribution in [2.45, 2.75) is 51.4 Å². The second-order valence-electron chi connectivity index (χ2n) is 10.9. The van der Waals surface area contributed by atoms with Crippen molar-refractivity contribution in [2.75, 3.05) is 23.3 Å². The Balaban J connectivity index is 1.28. The van der Waals surface area contributed by atoms with Crippen LogP contribution in [0.5, 0.6) is 0 Å². The molecule has 1 saturated heterocycles. The molecule has 5 heterocycles. The molecule has 0 radical (unpaired) electrons. The van der Waals surface area contributed by atoms with Crippen LogP contribution in [-0.4, -0.2) is 43.6 Å². The first kappa shape index (κ1) is 26.2. The van der Waals surface area contributed by atoms with Gasteiger partial charge in [0.1, 0.15) is 12.2 Å². The van der Waals surface area contributed by atoms with Gasteiger partial charge >= 0.3 is 0 Å². The van der Waals surface area contributed by atoms with Crippen molar-refractivity contribution in [1.29, 1.82) is 0 Å². The van der Waals surface area contributed by atoms with E-state index in [1.54, 1.807) is 12.5 Å². The Hall–Kier alpha value is -3.69. The van der Waals surface area contributed by atoms with Crippen LogP contribution in [0.15, 0.2) is 66.7 Å². The molecule has 3 aromatic heterocycles. The normalized spacial score (nSPS) is 17.6. The first-order valence-electron chi connectivity index (χ1n) is 14.0. The number of aromatic nitrogens is 5. The van der Waals surface area contributed by atoms with Gasteiger partial charge in [-0.1, -0.05) is 30.3 Å². The van der Waals surface area contributed by atoms with Crippen molar-refractivity contribution in [3.8, 4) is 11.1 Å². The number of fused-ring (bicyclic) bond motifs is 2. The lowest BCUT2D eigenvalue weighted by molar-refractivity contribution is 0.328. The molecule has 1 fully saturated rings. The fraction of sp³-hybridized carbons (Fsp3) is 0.323. The molecule has 1 N–H and O–H groups in total. The summed E-state index contributed by atoms with van der Waals surface area (Å²) in [5.41, 5.74) is 7.53. The van der Waals surface area contributed by atoms with E-state index < -0.39 is 12.2 Å². The molecule has 1 unspecified atom stereocenters. The van der Waals surface area contributed by atoms with Gasteiger partial charge in [0.2, 0.25) is 0 Å². The lowest BCUT2D eigenvalue weighted by atomic mass is 9.98. The molecular weight excluding hydrogens is 557 g/mol. The molecule has 0 saturated carbocycles. The molecule has 0 aliphatic carbocycles. The van der Waals surface area contributed by atoms with E-state index in [-0.39, 0.29) is 0 Å². The van der Waals surface area contributed by atoms with E-state index in [4.69, 9.17) is 21.7 Å². The molecular formula is C31H31ClFN7S. The number of alkyl halides is 1. The molecule has 0 bridgehead atoms. The van der Waals surface area contributed by atoms with E-state index in [2.05, 4.69) is 53.0 Å². The Labute approximate surface area is 247 Å². The van der Waals surface area contributed by atoms with Crippen LogP contribution in [0.1, 0.15) is 42.3 Å². The topological polar surface area (TPSA) is 63.8 Å². The third-order valence-electron chi connectivity index (χ3n) is 8.26. The molecule has 0 amide bonds.